The van der Waals surface area contributed by atoms with Gasteiger partial charge in [-0.2, -0.15) is 0 Å². The highest BCUT2D eigenvalue weighted by atomic mass is 16.2. The van der Waals surface area contributed by atoms with Crippen LogP contribution < -0.4 is 21.9 Å². The maximum atomic E-state index is 11.8. The molecule has 1 heterocycles. The summed E-state index contributed by atoms with van der Waals surface area (Å²) in [7, 11) is 0. The molecule has 0 unspecified atom stereocenters. The zero-order valence-corrected chi connectivity index (χ0v) is 13.2. The second-order valence-electron chi connectivity index (χ2n) is 5.22. The molecule has 0 bridgehead atoms. The first-order valence-electron chi connectivity index (χ1n) is 7.39. The number of nitrogens with zero attached hydrogens (tertiary/aromatic N) is 1. The molecule has 0 atom stereocenters. The van der Waals surface area contributed by atoms with Gasteiger partial charge < -0.3 is 15.2 Å². The Balaban J connectivity index is 1.92. The molecule has 0 aliphatic heterocycles. The summed E-state index contributed by atoms with van der Waals surface area (Å²) in [5, 5.41) is 5.34. The fourth-order valence-electron chi connectivity index (χ4n) is 2.16. The van der Waals surface area contributed by atoms with E-state index in [1.807, 2.05) is 31.2 Å². The molecule has 1 aromatic carbocycles. The highest BCUT2D eigenvalue weighted by Crippen LogP contribution is 2.02. The number of carbonyl (C=O) groups excluding carboxylic acids is 1. The molecule has 0 fully saturated rings. The van der Waals surface area contributed by atoms with E-state index in [4.69, 9.17) is 0 Å². The first-order valence-corrected chi connectivity index (χ1v) is 7.39. The lowest BCUT2D eigenvalue weighted by Gasteiger charge is -2.09. The van der Waals surface area contributed by atoms with Crippen LogP contribution in [0.1, 0.15) is 23.6 Å². The second kappa shape index (κ2) is 7.44. The highest BCUT2D eigenvalue weighted by Gasteiger charge is 2.06. The number of aromatic amines is 1. The Kier molecular flexibility index (Phi) is 5.35. The predicted octanol–water partition coefficient (Wildman–Crippen LogP) is 0.864. The van der Waals surface area contributed by atoms with Crippen molar-refractivity contribution in [2.75, 3.05) is 0 Å². The van der Waals surface area contributed by atoms with Gasteiger partial charge in [0, 0.05) is 19.3 Å². The maximum Gasteiger partial charge on any atom is 0.328 e. The fourth-order valence-corrected chi connectivity index (χ4v) is 2.16. The molecule has 2 aromatic rings. The van der Waals surface area contributed by atoms with Crippen LogP contribution in [0.15, 0.2) is 40.1 Å². The summed E-state index contributed by atoms with van der Waals surface area (Å²) in [5.74, 6) is 0. The van der Waals surface area contributed by atoms with Crippen molar-refractivity contribution < 1.29 is 4.79 Å². The van der Waals surface area contributed by atoms with Gasteiger partial charge in [-0.1, -0.05) is 29.8 Å². The van der Waals surface area contributed by atoms with Crippen molar-refractivity contribution in [2.45, 2.75) is 33.5 Å². The standard InChI is InChI=1S/C16H20N4O3/c1-3-20-10-13(14(21)19-16(20)23)9-18-15(22)17-8-12-6-4-5-11(2)7-12/h4-7,10H,3,8-9H2,1-2H3,(H2,17,18,22)(H,19,21,23). The minimum Gasteiger partial charge on any atom is -0.334 e. The van der Waals surface area contributed by atoms with Crippen LogP contribution in [0.4, 0.5) is 4.79 Å². The Labute approximate surface area is 133 Å². The van der Waals surface area contributed by atoms with Crippen LogP contribution in [0, 0.1) is 6.92 Å². The van der Waals surface area contributed by atoms with Crippen molar-refractivity contribution in [3.8, 4) is 0 Å². The number of amides is 2. The van der Waals surface area contributed by atoms with Crippen LogP contribution in [-0.2, 0) is 19.6 Å². The molecule has 7 nitrogen and oxygen atoms in total. The SMILES string of the molecule is CCn1cc(CNC(=O)NCc2cccc(C)c2)c(=O)[nH]c1=O. The molecule has 1 aromatic heterocycles. The number of urea groups is 1. The number of rotatable bonds is 5. The van der Waals surface area contributed by atoms with Gasteiger partial charge in [-0.05, 0) is 19.4 Å². The minimum atomic E-state index is -0.487. The molecule has 23 heavy (non-hydrogen) atoms. The summed E-state index contributed by atoms with van der Waals surface area (Å²) in [5.41, 5.74) is 1.51. The van der Waals surface area contributed by atoms with Crippen molar-refractivity contribution in [2.24, 2.45) is 0 Å². The molecule has 3 N–H and O–H groups in total. The number of nitrogens with one attached hydrogen (secondary N) is 3. The largest absolute Gasteiger partial charge is 0.334 e. The first kappa shape index (κ1) is 16.5. The van der Waals surface area contributed by atoms with Gasteiger partial charge >= 0.3 is 11.7 Å². The predicted molar refractivity (Wildman–Crippen MR) is 87.3 cm³/mol. The van der Waals surface area contributed by atoms with Crippen LogP contribution in [-0.4, -0.2) is 15.6 Å². The fraction of sp³-hybridized carbons (Fsp3) is 0.312. The van der Waals surface area contributed by atoms with Gasteiger partial charge in [0.05, 0.1) is 12.1 Å². The smallest absolute Gasteiger partial charge is 0.328 e. The van der Waals surface area contributed by atoms with Crippen LogP contribution in [0.3, 0.4) is 0 Å². The van der Waals surface area contributed by atoms with Crippen molar-refractivity contribution in [1.82, 2.24) is 20.2 Å². The Hall–Kier alpha value is -2.83. The summed E-state index contributed by atoms with van der Waals surface area (Å²) in [6.07, 6.45) is 1.46. The lowest BCUT2D eigenvalue weighted by molar-refractivity contribution is 0.240. The Morgan fingerprint density at radius 1 is 1.22 bits per heavy atom. The van der Waals surface area contributed by atoms with Gasteiger partial charge in [-0.15, -0.1) is 0 Å². The molecule has 0 aliphatic rings. The number of aryl methyl sites for hydroxylation is 2. The Morgan fingerprint density at radius 2 is 1.96 bits per heavy atom. The van der Waals surface area contributed by atoms with Crippen LogP contribution >= 0.6 is 0 Å². The van der Waals surface area contributed by atoms with Gasteiger partial charge in [0.25, 0.3) is 5.56 Å². The molecular formula is C16H20N4O3. The van der Waals surface area contributed by atoms with Gasteiger partial charge in [-0.3, -0.25) is 9.78 Å². The van der Waals surface area contributed by atoms with Crippen LogP contribution in [0.25, 0.3) is 0 Å². The van der Waals surface area contributed by atoms with Crippen molar-refractivity contribution in [3.63, 3.8) is 0 Å². The number of benzene rings is 1. The molecule has 0 aliphatic carbocycles. The number of H-pyrrole nitrogens is 1. The zero-order chi connectivity index (χ0) is 16.8. The summed E-state index contributed by atoms with van der Waals surface area (Å²) in [6, 6.07) is 7.45. The maximum absolute atomic E-state index is 11.8. The minimum absolute atomic E-state index is 0.0509. The van der Waals surface area contributed by atoms with E-state index >= 15 is 0 Å². The first-order chi connectivity index (χ1) is 11.0. The summed E-state index contributed by atoms with van der Waals surface area (Å²) in [6.45, 7) is 4.68. The van der Waals surface area contributed by atoms with E-state index in [1.54, 1.807) is 6.92 Å². The molecule has 0 radical (unpaired) electrons. The summed E-state index contributed by atoms with van der Waals surface area (Å²) in [4.78, 5) is 37.2. The average Bonchev–Trinajstić information content (AvgIpc) is 2.52. The van der Waals surface area contributed by atoms with E-state index in [1.165, 1.54) is 10.8 Å². The van der Waals surface area contributed by atoms with E-state index in [2.05, 4.69) is 15.6 Å². The highest BCUT2D eigenvalue weighted by molar-refractivity contribution is 5.73. The molecular weight excluding hydrogens is 296 g/mol. The van der Waals surface area contributed by atoms with Gasteiger partial charge in [-0.25, -0.2) is 9.59 Å². The molecule has 2 amide bonds. The van der Waals surface area contributed by atoms with Crippen LogP contribution in [0.2, 0.25) is 0 Å². The molecule has 2 rings (SSSR count). The average molecular weight is 316 g/mol. The van der Waals surface area contributed by atoms with E-state index in [-0.39, 0.29) is 12.6 Å². The monoisotopic (exact) mass is 316 g/mol. The summed E-state index contributed by atoms with van der Waals surface area (Å²) < 4.78 is 1.38. The van der Waals surface area contributed by atoms with E-state index in [0.29, 0.717) is 18.7 Å². The van der Waals surface area contributed by atoms with E-state index in [0.717, 1.165) is 11.1 Å². The number of aromatic nitrogens is 2. The molecule has 7 heteroatoms. The number of carbonyl (C=O) groups is 1. The Morgan fingerprint density at radius 3 is 2.65 bits per heavy atom. The second-order valence-corrected chi connectivity index (χ2v) is 5.22. The summed E-state index contributed by atoms with van der Waals surface area (Å²) >= 11 is 0. The Bertz CT molecular complexity index is 807. The lowest BCUT2D eigenvalue weighted by Crippen LogP contribution is -2.38. The quantitative estimate of drug-likeness (QED) is 0.763. The third kappa shape index (κ3) is 4.57. The normalized spacial score (nSPS) is 10.3. The van der Waals surface area contributed by atoms with Crippen molar-refractivity contribution in [1.29, 1.82) is 0 Å². The van der Waals surface area contributed by atoms with Crippen molar-refractivity contribution >= 4 is 6.03 Å². The number of hydrogen-bond donors (Lipinski definition) is 3. The van der Waals surface area contributed by atoms with Crippen molar-refractivity contribution in [3.05, 3.63) is 68.0 Å². The molecule has 0 saturated heterocycles. The number of hydrogen-bond acceptors (Lipinski definition) is 3. The third-order valence-corrected chi connectivity index (χ3v) is 3.40. The van der Waals surface area contributed by atoms with Gasteiger partial charge in [0.1, 0.15) is 0 Å². The topological polar surface area (TPSA) is 96.0 Å². The molecule has 0 saturated carbocycles. The van der Waals surface area contributed by atoms with Gasteiger partial charge in [0.15, 0.2) is 0 Å². The van der Waals surface area contributed by atoms with Gasteiger partial charge in [0.2, 0.25) is 0 Å². The lowest BCUT2D eigenvalue weighted by atomic mass is 10.1. The third-order valence-electron chi connectivity index (χ3n) is 3.40. The molecule has 122 valence electrons. The zero-order valence-electron chi connectivity index (χ0n) is 13.2. The molecule has 0 spiro atoms. The van der Waals surface area contributed by atoms with Crippen LogP contribution in [0.5, 0.6) is 0 Å². The van der Waals surface area contributed by atoms with E-state index < -0.39 is 11.2 Å². The van der Waals surface area contributed by atoms with E-state index in [9.17, 15) is 14.4 Å².